The van der Waals surface area contributed by atoms with Gasteiger partial charge in [0.2, 0.25) is 5.91 Å². The van der Waals surface area contributed by atoms with Crippen LogP contribution in [0.25, 0.3) is 5.57 Å². The highest BCUT2D eigenvalue weighted by atomic mass is 16.2. The lowest BCUT2D eigenvalue weighted by molar-refractivity contribution is -0.129. The largest absolute Gasteiger partial charge is 0.334 e. The van der Waals surface area contributed by atoms with Crippen LogP contribution in [-0.4, -0.2) is 22.9 Å². The van der Waals surface area contributed by atoms with Crippen LogP contribution in [0.2, 0.25) is 0 Å². The van der Waals surface area contributed by atoms with Crippen LogP contribution in [0.15, 0.2) is 72.3 Å². The molecule has 2 aromatic rings. The highest BCUT2D eigenvalue weighted by Crippen LogP contribution is 2.36. The molecule has 0 radical (unpaired) electrons. The van der Waals surface area contributed by atoms with Gasteiger partial charge in [0, 0.05) is 18.2 Å². The van der Waals surface area contributed by atoms with Crippen LogP contribution in [0, 0.1) is 0 Å². The molecule has 0 bridgehead atoms. The van der Waals surface area contributed by atoms with Crippen molar-refractivity contribution in [2.24, 2.45) is 0 Å². The Labute approximate surface area is 163 Å². The highest BCUT2D eigenvalue weighted by Gasteiger charge is 2.20. The molecule has 0 N–H and O–H groups in total. The number of fused-ring (bicyclic) bond motifs is 1. The van der Waals surface area contributed by atoms with Gasteiger partial charge in [0.05, 0.1) is 0 Å². The number of allylic oxidation sites excluding steroid dienone is 2. The average Bonchev–Trinajstić information content (AvgIpc) is 2.66. The first-order valence-electron chi connectivity index (χ1n) is 9.86. The Hall–Kier alpha value is -2.61. The van der Waals surface area contributed by atoms with E-state index in [1.165, 1.54) is 27.8 Å². The van der Waals surface area contributed by atoms with Crippen molar-refractivity contribution in [3.05, 3.63) is 89.0 Å². The highest BCUT2D eigenvalue weighted by molar-refractivity contribution is 5.91. The summed E-state index contributed by atoms with van der Waals surface area (Å²) in [6, 6.07) is 19.5. The van der Waals surface area contributed by atoms with E-state index in [9.17, 15) is 4.79 Å². The molecule has 3 rings (SSSR count). The Balaban J connectivity index is 2.03. The molecule has 0 aliphatic heterocycles. The van der Waals surface area contributed by atoms with Crippen LogP contribution in [0.5, 0.6) is 0 Å². The SMILES string of the molecule is CC(C)N(C(=O)/C=C/C1=C(c2ccccc2)c2ccccc2CC1)C(C)C. The summed E-state index contributed by atoms with van der Waals surface area (Å²) in [5.74, 6) is 0.0822. The topological polar surface area (TPSA) is 20.3 Å². The Morgan fingerprint density at radius 1 is 0.889 bits per heavy atom. The Morgan fingerprint density at radius 3 is 2.19 bits per heavy atom. The van der Waals surface area contributed by atoms with Gasteiger partial charge in [0.15, 0.2) is 0 Å². The average molecular weight is 360 g/mol. The number of carbonyl (C=O) groups is 1. The first kappa shape index (κ1) is 19.2. The fourth-order valence-electron chi connectivity index (χ4n) is 4.03. The molecule has 2 aromatic carbocycles. The third-order valence-electron chi connectivity index (χ3n) is 5.13. The lowest BCUT2D eigenvalue weighted by Gasteiger charge is -2.29. The van der Waals surface area contributed by atoms with Gasteiger partial charge < -0.3 is 4.90 Å². The van der Waals surface area contributed by atoms with Gasteiger partial charge in [-0.3, -0.25) is 4.79 Å². The van der Waals surface area contributed by atoms with Gasteiger partial charge in [-0.2, -0.15) is 0 Å². The summed E-state index contributed by atoms with van der Waals surface area (Å²) < 4.78 is 0. The first-order chi connectivity index (χ1) is 13.0. The van der Waals surface area contributed by atoms with E-state index in [2.05, 4.69) is 76.2 Å². The standard InChI is InChI=1S/C25H29NO/c1-18(2)26(19(3)4)24(27)17-16-22-15-14-20-10-8-9-13-23(20)25(22)21-11-6-5-7-12-21/h5-13,16-19H,14-15H2,1-4H3/b17-16+. The molecule has 0 heterocycles. The zero-order chi connectivity index (χ0) is 19.4. The van der Waals surface area contributed by atoms with E-state index >= 15 is 0 Å². The first-order valence-corrected chi connectivity index (χ1v) is 9.86. The molecule has 140 valence electrons. The molecule has 1 aliphatic carbocycles. The van der Waals surface area contributed by atoms with Crippen molar-refractivity contribution in [3.63, 3.8) is 0 Å². The van der Waals surface area contributed by atoms with E-state index < -0.39 is 0 Å². The summed E-state index contributed by atoms with van der Waals surface area (Å²) in [6.45, 7) is 8.27. The smallest absolute Gasteiger partial charge is 0.247 e. The molecule has 0 aromatic heterocycles. The second-order valence-corrected chi connectivity index (χ2v) is 7.69. The minimum Gasteiger partial charge on any atom is -0.334 e. The molecule has 0 atom stereocenters. The summed E-state index contributed by atoms with van der Waals surface area (Å²) >= 11 is 0. The third-order valence-corrected chi connectivity index (χ3v) is 5.13. The van der Waals surface area contributed by atoms with Gasteiger partial charge in [-0.05, 0) is 68.4 Å². The van der Waals surface area contributed by atoms with E-state index in [-0.39, 0.29) is 18.0 Å². The number of rotatable bonds is 5. The maximum atomic E-state index is 12.8. The number of benzene rings is 2. The summed E-state index contributed by atoms with van der Waals surface area (Å²) in [7, 11) is 0. The predicted molar refractivity (Wildman–Crippen MR) is 113 cm³/mol. The number of amides is 1. The van der Waals surface area contributed by atoms with Gasteiger partial charge in [-0.25, -0.2) is 0 Å². The molecule has 0 spiro atoms. The van der Waals surface area contributed by atoms with Crippen molar-refractivity contribution < 1.29 is 4.79 Å². The predicted octanol–water partition coefficient (Wildman–Crippen LogP) is 5.64. The molecule has 2 nitrogen and oxygen atoms in total. The fraction of sp³-hybridized carbons (Fsp3) is 0.320. The second kappa shape index (κ2) is 8.39. The van der Waals surface area contributed by atoms with Gasteiger partial charge in [-0.15, -0.1) is 0 Å². The van der Waals surface area contributed by atoms with Crippen LogP contribution in [0.1, 0.15) is 50.8 Å². The lowest BCUT2D eigenvalue weighted by Crippen LogP contribution is -2.41. The van der Waals surface area contributed by atoms with Crippen LogP contribution in [0.3, 0.4) is 0 Å². The maximum absolute atomic E-state index is 12.8. The zero-order valence-corrected chi connectivity index (χ0v) is 16.8. The molecular weight excluding hydrogens is 330 g/mol. The van der Waals surface area contributed by atoms with E-state index in [1.807, 2.05) is 17.0 Å². The lowest BCUT2D eigenvalue weighted by atomic mass is 9.82. The van der Waals surface area contributed by atoms with Crippen molar-refractivity contribution >= 4 is 11.5 Å². The molecule has 0 fully saturated rings. The van der Waals surface area contributed by atoms with Crippen LogP contribution in [-0.2, 0) is 11.2 Å². The Morgan fingerprint density at radius 2 is 1.52 bits per heavy atom. The zero-order valence-electron chi connectivity index (χ0n) is 16.8. The molecule has 1 aliphatic rings. The van der Waals surface area contributed by atoms with Crippen molar-refractivity contribution in [2.75, 3.05) is 0 Å². The van der Waals surface area contributed by atoms with E-state index in [0.717, 1.165) is 12.8 Å². The molecule has 0 saturated heterocycles. The monoisotopic (exact) mass is 359 g/mol. The third kappa shape index (κ3) is 4.21. The maximum Gasteiger partial charge on any atom is 0.247 e. The van der Waals surface area contributed by atoms with Crippen molar-refractivity contribution in [1.82, 2.24) is 4.90 Å². The molecule has 1 amide bonds. The van der Waals surface area contributed by atoms with Crippen LogP contribution in [0.4, 0.5) is 0 Å². The number of carbonyl (C=O) groups excluding carboxylic acids is 1. The summed E-state index contributed by atoms with van der Waals surface area (Å²) in [5.41, 5.74) is 6.36. The van der Waals surface area contributed by atoms with Crippen LogP contribution >= 0.6 is 0 Å². The Bertz CT molecular complexity index is 851. The summed E-state index contributed by atoms with van der Waals surface area (Å²) in [4.78, 5) is 14.7. The van der Waals surface area contributed by atoms with Crippen molar-refractivity contribution in [1.29, 1.82) is 0 Å². The number of hydrogen-bond acceptors (Lipinski definition) is 1. The minimum absolute atomic E-state index is 0.0822. The van der Waals surface area contributed by atoms with E-state index in [4.69, 9.17) is 0 Å². The fourth-order valence-corrected chi connectivity index (χ4v) is 4.03. The molecule has 27 heavy (non-hydrogen) atoms. The number of nitrogens with zero attached hydrogens (tertiary/aromatic N) is 1. The second-order valence-electron chi connectivity index (χ2n) is 7.69. The Kier molecular flexibility index (Phi) is 5.95. The molecule has 0 saturated carbocycles. The number of hydrogen-bond donors (Lipinski definition) is 0. The van der Waals surface area contributed by atoms with Gasteiger partial charge >= 0.3 is 0 Å². The van der Waals surface area contributed by atoms with Crippen LogP contribution < -0.4 is 0 Å². The summed E-state index contributed by atoms with van der Waals surface area (Å²) in [6.07, 6.45) is 5.76. The molecule has 0 unspecified atom stereocenters. The van der Waals surface area contributed by atoms with Gasteiger partial charge in [0.1, 0.15) is 0 Å². The van der Waals surface area contributed by atoms with Gasteiger partial charge in [-0.1, -0.05) is 60.7 Å². The molecular formula is C25H29NO. The van der Waals surface area contributed by atoms with E-state index in [1.54, 1.807) is 6.08 Å². The van der Waals surface area contributed by atoms with Gasteiger partial charge in [0.25, 0.3) is 0 Å². The quantitative estimate of drug-likeness (QED) is 0.633. The van der Waals surface area contributed by atoms with Crippen molar-refractivity contribution in [3.8, 4) is 0 Å². The van der Waals surface area contributed by atoms with Crippen molar-refractivity contribution in [2.45, 2.75) is 52.6 Å². The van der Waals surface area contributed by atoms with E-state index in [0.29, 0.717) is 0 Å². The number of aryl methyl sites for hydroxylation is 1. The minimum atomic E-state index is 0.0822. The summed E-state index contributed by atoms with van der Waals surface area (Å²) in [5, 5.41) is 0. The normalized spacial score (nSPS) is 14.1. The molecule has 2 heteroatoms.